The molecule has 0 bridgehead atoms. The number of hydrogen-bond donors (Lipinski definition) is 1. The number of fused-ring (bicyclic) bond motifs is 1. The van der Waals surface area contributed by atoms with Gasteiger partial charge >= 0.3 is 0 Å². The van der Waals surface area contributed by atoms with Crippen molar-refractivity contribution in [2.24, 2.45) is 12.1 Å². The first-order valence-corrected chi connectivity index (χ1v) is 10.0. The zero-order chi connectivity index (χ0) is 20.6. The molecule has 0 aliphatic carbocycles. The Hall–Kier alpha value is -3.44. The van der Waals surface area contributed by atoms with Crippen LogP contribution < -0.4 is 15.1 Å². The number of para-hydroxylation sites is 2. The van der Waals surface area contributed by atoms with E-state index in [1.54, 1.807) is 4.90 Å². The van der Waals surface area contributed by atoms with E-state index in [4.69, 9.17) is 5.26 Å². The minimum absolute atomic E-state index is 0.0207. The quantitative estimate of drug-likeness (QED) is 0.611. The highest BCUT2D eigenvalue weighted by Crippen LogP contribution is 2.16. The predicted molar refractivity (Wildman–Crippen MR) is 113 cm³/mol. The van der Waals surface area contributed by atoms with Gasteiger partial charge in [0.15, 0.2) is 0 Å². The molecule has 3 rings (SSSR count). The minimum atomic E-state index is -0.330. The Bertz CT molecular complexity index is 1110. The molecule has 1 heterocycles. The first kappa shape index (κ1) is 20.3. The summed E-state index contributed by atoms with van der Waals surface area (Å²) in [5, 5.41) is 13.0. The molecule has 2 aromatic carbocycles. The third-order valence-electron chi connectivity index (χ3n) is 4.37. The van der Waals surface area contributed by atoms with Gasteiger partial charge in [-0.2, -0.15) is 5.26 Å². The summed E-state index contributed by atoms with van der Waals surface area (Å²) in [6.45, 7) is 0.295. The fourth-order valence-electron chi connectivity index (χ4n) is 2.88. The van der Waals surface area contributed by atoms with Gasteiger partial charge in [-0.1, -0.05) is 41.7 Å². The number of aryl methyl sites for hydroxylation is 1. The number of anilines is 1. The molecule has 29 heavy (non-hydrogen) atoms. The first-order valence-electron chi connectivity index (χ1n) is 9.19. The van der Waals surface area contributed by atoms with Gasteiger partial charge in [0, 0.05) is 32.1 Å². The Morgan fingerprint density at radius 2 is 1.86 bits per heavy atom. The van der Waals surface area contributed by atoms with E-state index < -0.39 is 0 Å². The third kappa shape index (κ3) is 5.09. The summed E-state index contributed by atoms with van der Waals surface area (Å²) in [5.74, 6) is -0.530. The van der Waals surface area contributed by atoms with E-state index >= 15 is 0 Å². The average Bonchev–Trinajstić information content (AvgIpc) is 3.07. The van der Waals surface area contributed by atoms with Gasteiger partial charge in [-0.25, -0.2) is 5.43 Å². The van der Waals surface area contributed by atoms with Crippen LogP contribution >= 0.6 is 11.3 Å². The number of aromatic nitrogens is 1. The number of hydrogen-bond acceptors (Lipinski definition) is 5. The van der Waals surface area contributed by atoms with Crippen molar-refractivity contribution >= 4 is 39.1 Å². The molecule has 0 spiro atoms. The van der Waals surface area contributed by atoms with Crippen molar-refractivity contribution in [3.8, 4) is 6.07 Å². The maximum atomic E-state index is 12.6. The van der Waals surface area contributed by atoms with Crippen LogP contribution in [-0.2, 0) is 16.6 Å². The Morgan fingerprint density at radius 3 is 2.59 bits per heavy atom. The summed E-state index contributed by atoms with van der Waals surface area (Å²) in [4.78, 5) is 27.0. The van der Waals surface area contributed by atoms with Crippen molar-refractivity contribution < 1.29 is 9.59 Å². The van der Waals surface area contributed by atoms with Crippen LogP contribution in [0.2, 0.25) is 0 Å². The molecule has 0 atom stereocenters. The monoisotopic (exact) mass is 407 g/mol. The lowest BCUT2D eigenvalue weighted by Crippen LogP contribution is -2.33. The second-order valence-electron chi connectivity index (χ2n) is 6.35. The summed E-state index contributed by atoms with van der Waals surface area (Å²) < 4.78 is 2.99. The van der Waals surface area contributed by atoms with Gasteiger partial charge in [-0.3, -0.25) is 9.59 Å². The first-order chi connectivity index (χ1) is 14.1. The SMILES string of the molecule is Cn1/c(=N/NC(=O)CCC(=O)N(CCC#N)c2ccccc2)sc2ccccc21. The van der Waals surface area contributed by atoms with Crippen LogP contribution in [-0.4, -0.2) is 22.9 Å². The van der Waals surface area contributed by atoms with Crippen molar-refractivity contribution in [2.75, 3.05) is 11.4 Å². The van der Waals surface area contributed by atoms with Gasteiger partial charge in [-0.15, -0.1) is 5.10 Å². The molecule has 0 saturated carbocycles. The van der Waals surface area contributed by atoms with Crippen molar-refractivity contribution in [3.05, 3.63) is 59.4 Å². The number of carbonyl (C=O) groups excluding carboxylic acids is 2. The standard InChI is InChI=1S/C21H21N5O2S/c1-25-17-10-5-6-11-18(17)29-21(25)24-23-19(27)12-13-20(28)26(15-7-14-22)16-8-3-2-4-9-16/h2-6,8-11H,7,12-13,15H2,1H3,(H,23,27)/b24-21-. The van der Waals surface area contributed by atoms with Gasteiger partial charge < -0.3 is 9.47 Å². The fraction of sp³-hybridized carbons (Fsp3) is 0.238. The molecular formula is C21H21N5O2S. The molecule has 1 aromatic heterocycles. The van der Waals surface area contributed by atoms with Crippen LogP contribution in [0.25, 0.3) is 10.2 Å². The molecule has 0 saturated heterocycles. The molecule has 0 radical (unpaired) electrons. The molecule has 0 aliphatic rings. The van der Waals surface area contributed by atoms with Crippen molar-refractivity contribution in [1.29, 1.82) is 5.26 Å². The number of rotatable bonds is 7. The summed E-state index contributed by atoms with van der Waals surface area (Å²) in [5.41, 5.74) is 4.29. The van der Waals surface area contributed by atoms with E-state index in [0.717, 1.165) is 15.9 Å². The number of amides is 2. The minimum Gasteiger partial charge on any atom is -0.318 e. The smallest absolute Gasteiger partial charge is 0.240 e. The molecule has 2 amide bonds. The molecule has 8 heteroatoms. The van der Waals surface area contributed by atoms with E-state index in [2.05, 4.69) is 16.6 Å². The van der Waals surface area contributed by atoms with E-state index in [1.807, 2.05) is 66.2 Å². The van der Waals surface area contributed by atoms with Crippen molar-refractivity contribution in [3.63, 3.8) is 0 Å². The maximum Gasteiger partial charge on any atom is 0.240 e. The molecule has 0 aliphatic heterocycles. The molecule has 148 valence electrons. The average molecular weight is 407 g/mol. The highest BCUT2D eigenvalue weighted by molar-refractivity contribution is 7.16. The lowest BCUT2D eigenvalue weighted by atomic mass is 10.2. The lowest BCUT2D eigenvalue weighted by molar-refractivity contribution is -0.125. The highest BCUT2D eigenvalue weighted by Gasteiger charge is 2.16. The Labute approximate surface area is 172 Å². The summed E-state index contributed by atoms with van der Waals surface area (Å²) in [6.07, 6.45) is 0.289. The van der Waals surface area contributed by atoms with E-state index in [9.17, 15) is 9.59 Å². The summed E-state index contributed by atoms with van der Waals surface area (Å²) in [6, 6.07) is 19.1. The lowest BCUT2D eigenvalue weighted by Gasteiger charge is -2.21. The van der Waals surface area contributed by atoms with Gasteiger partial charge in [0.1, 0.15) is 0 Å². The number of carbonyl (C=O) groups is 2. The molecule has 3 aromatic rings. The second kappa shape index (κ2) is 9.66. The van der Waals surface area contributed by atoms with Gasteiger partial charge in [0.25, 0.3) is 0 Å². The number of thiazole rings is 1. The molecule has 1 N–H and O–H groups in total. The Morgan fingerprint density at radius 1 is 1.14 bits per heavy atom. The zero-order valence-electron chi connectivity index (χ0n) is 16.0. The molecule has 7 nitrogen and oxygen atoms in total. The number of benzene rings is 2. The van der Waals surface area contributed by atoms with E-state index in [0.29, 0.717) is 11.3 Å². The Kier molecular flexibility index (Phi) is 6.76. The van der Waals surface area contributed by atoms with Crippen LogP contribution in [0.3, 0.4) is 0 Å². The largest absolute Gasteiger partial charge is 0.318 e. The van der Waals surface area contributed by atoms with Crippen LogP contribution in [0.5, 0.6) is 0 Å². The molecule has 0 fully saturated rings. The molecule has 0 unspecified atom stereocenters. The van der Waals surface area contributed by atoms with Gasteiger partial charge in [-0.05, 0) is 24.3 Å². The summed E-state index contributed by atoms with van der Waals surface area (Å²) in [7, 11) is 1.89. The summed E-state index contributed by atoms with van der Waals surface area (Å²) >= 11 is 1.48. The van der Waals surface area contributed by atoms with Gasteiger partial charge in [0.2, 0.25) is 16.6 Å². The zero-order valence-corrected chi connectivity index (χ0v) is 16.9. The topological polar surface area (TPSA) is 90.5 Å². The van der Waals surface area contributed by atoms with E-state index in [1.165, 1.54) is 11.3 Å². The van der Waals surface area contributed by atoms with Crippen LogP contribution in [0.1, 0.15) is 19.3 Å². The predicted octanol–water partition coefficient (Wildman–Crippen LogP) is 2.90. The molecular weight excluding hydrogens is 386 g/mol. The Balaban J connectivity index is 1.62. The fourth-order valence-corrected chi connectivity index (χ4v) is 3.86. The van der Waals surface area contributed by atoms with Crippen molar-refractivity contribution in [2.45, 2.75) is 19.3 Å². The third-order valence-corrected chi connectivity index (χ3v) is 5.49. The van der Waals surface area contributed by atoms with Crippen LogP contribution in [0.15, 0.2) is 59.7 Å². The van der Waals surface area contributed by atoms with Crippen LogP contribution in [0, 0.1) is 11.3 Å². The number of nitrogens with one attached hydrogen (secondary N) is 1. The number of nitriles is 1. The van der Waals surface area contributed by atoms with Gasteiger partial charge in [0.05, 0.1) is 22.7 Å². The number of nitrogens with zero attached hydrogens (tertiary/aromatic N) is 4. The normalized spacial score (nSPS) is 11.2. The van der Waals surface area contributed by atoms with E-state index in [-0.39, 0.29) is 31.1 Å². The maximum absolute atomic E-state index is 12.6. The highest BCUT2D eigenvalue weighted by atomic mass is 32.1. The second-order valence-corrected chi connectivity index (χ2v) is 7.36. The van der Waals surface area contributed by atoms with Crippen LogP contribution in [0.4, 0.5) is 5.69 Å². The van der Waals surface area contributed by atoms with Crippen molar-refractivity contribution in [1.82, 2.24) is 9.99 Å².